The summed E-state index contributed by atoms with van der Waals surface area (Å²) in [4.78, 5) is 14.9. The number of benzene rings is 2. The average molecular weight is 391 g/mol. The van der Waals surface area contributed by atoms with Gasteiger partial charge in [-0.1, -0.05) is 30.3 Å². The molecule has 3 aromatic rings. The summed E-state index contributed by atoms with van der Waals surface area (Å²) in [7, 11) is 3.29. The van der Waals surface area contributed by atoms with Gasteiger partial charge in [0.25, 0.3) is 0 Å². The lowest BCUT2D eigenvalue weighted by molar-refractivity contribution is -0.131. The van der Waals surface area contributed by atoms with E-state index in [1.165, 1.54) is 0 Å². The van der Waals surface area contributed by atoms with Crippen LogP contribution in [0.3, 0.4) is 0 Å². The first-order valence-electron chi connectivity index (χ1n) is 9.79. The SMILES string of the molecule is COc1cccc(-c2cc3n(n2)CCCN(C(=O)Cc2ccccc2OC)C3)c1. The number of hydrogen-bond donors (Lipinski definition) is 0. The highest BCUT2D eigenvalue weighted by molar-refractivity contribution is 5.79. The summed E-state index contributed by atoms with van der Waals surface area (Å²) in [6, 6.07) is 17.6. The Balaban J connectivity index is 1.53. The molecule has 2 heterocycles. The van der Waals surface area contributed by atoms with Gasteiger partial charge in [0.1, 0.15) is 11.5 Å². The molecular formula is C23H25N3O3. The standard InChI is InChI=1S/C23H25N3O3/c1-28-20-9-5-8-17(13-20)21-15-19-16-25(11-6-12-26(19)24-21)23(27)14-18-7-3-4-10-22(18)29-2/h3-5,7-10,13,15H,6,11-12,14,16H2,1-2H3. The number of methoxy groups -OCH3 is 2. The second kappa shape index (κ2) is 8.39. The molecule has 1 amide bonds. The number of carbonyl (C=O) groups excluding carboxylic acids is 1. The third-order valence-corrected chi connectivity index (χ3v) is 5.27. The monoisotopic (exact) mass is 391 g/mol. The highest BCUT2D eigenvalue weighted by Crippen LogP contribution is 2.26. The first kappa shape index (κ1) is 19.1. The minimum Gasteiger partial charge on any atom is -0.497 e. The number of fused-ring (bicyclic) bond motifs is 1. The Hall–Kier alpha value is -3.28. The van der Waals surface area contributed by atoms with Crippen LogP contribution in [0, 0.1) is 0 Å². The first-order chi connectivity index (χ1) is 14.2. The van der Waals surface area contributed by atoms with Gasteiger partial charge in [-0.05, 0) is 30.7 Å². The summed E-state index contributed by atoms with van der Waals surface area (Å²) in [6.45, 7) is 2.09. The smallest absolute Gasteiger partial charge is 0.227 e. The third-order valence-electron chi connectivity index (χ3n) is 5.27. The highest BCUT2D eigenvalue weighted by Gasteiger charge is 2.22. The van der Waals surface area contributed by atoms with Gasteiger partial charge in [-0.15, -0.1) is 0 Å². The number of aromatic nitrogens is 2. The van der Waals surface area contributed by atoms with E-state index in [9.17, 15) is 4.79 Å². The van der Waals surface area contributed by atoms with Crippen molar-refractivity contribution in [2.24, 2.45) is 0 Å². The summed E-state index contributed by atoms with van der Waals surface area (Å²) in [6.07, 6.45) is 1.21. The lowest BCUT2D eigenvalue weighted by Crippen LogP contribution is -2.32. The van der Waals surface area contributed by atoms with Crippen LogP contribution in [0.4, 0.5) is 0 Å². The zero-order valence-electron chi connectivity index (χ0n) is 16.8. The van der Waals surface area contributed by atoms with Crippen molar-refractivity contribution in [2.45, 2.75) is 25.9 Å². The summed E-state index contributed by atoms with van der Waals surface area (Å²) in [5.41, 5.74) is 3.87. The Kier molecular flexibility index (Phi) is 5.51. The molecule has 29 heavy (non-hydrogen) atoms. The molecule has 4 rings (SSSR count). The van der Waals surface area contributed by atoms with Crippen LogP contribution in [-0.2, 0) is 24.3 Å². The molecule has 0 saturated carbocycles. The fourth-order valence-electron chi connectivity index (χ4n) is 3.72. The van der Waals surface area contributed by atoms with Gasteiger partial charge in [-0.25, -0.2) is 0 Å². The molecule has 1 aromatic heterocycles. The van der Waals surface area contributed by atoms with Crippen LogP contribution in [0.1, 0.15) is 17.7 Å². The van der Waals surface area contributed by atoms with Gasteiger partial charge in [0, 0.05) is 24.2 Å². The van der Waals surface area contributed by atoms with Crippen LogP contribution in [0.2, 0.25) is 0 Å². The number of carbonyl (C=O) groups is 1. The Morgan fingerprint density at radius 3 is 2.72 bits per heavy atom. The summed E-state index contributed by atoms with van der Waals surface area (Å²) < 4.78 is 12.7. The van der Waals surface area contributed by atoms with Gasteiger partial charge < -0.3 is 14.4 Å². The summed E-state index contributed by atoms with van der Waals surface area (Å²) in [5, 5.41) is 4.76. The molecule has 0 saturated heterocycles. The van der Waals surface area contributed by atoms with Crippen molar-refractivity contribution in [3.8, 4) is 22.8 Å². The van der Waals surface area contributed by atoms with E-state index >= 15 is 0 Å². The summed E-state index contributed by atoms with van der Waals surface area (Å²) >= 11 is 0. The molecule has 0 fully saturated rings. The quantitative estimate of drug-likeness (QED) is 0.668. The maximum Gasteiger partial charge on any atom is 0.227 e. The van der Waals surface area contributed by atoms with Gasteiger partial charge in [-0.3, -0.25) is 9.48 Å². The van der Waals surface area contributed by atoms with Crippen molar-refractivity contribution in [3.05, 3.63) is 65.9 Å². The number of aryl methyl sites for hydroxylation is 1. The minimum absolute atomic E-state index is 0.104. The van der Waals surface area contributed by atoms with Gasteiger partial charge in [0.15, 0.2) is 0 Å². The molecule has 0 N–H and O–H groups in total. The lowest BCUT2D eigenvalue weighted by Gasteiger charge is -2.20. The molecule has 0 atom stereocenters. The maximum absolute atomic E-state index is 13.0. The number of hydrogen-bond acceptors (Lipinski definition) is 4. The molecule has 2 aromatic carbocycles. The minimum atomic E-state index is 0.104. The molecule has 0 spiro atoms. The molecule has 1 aliphatic heterocycles. The van der Waals surface area contributed by atoms with Crippen molar-refractivity contribution in [1.29, 1.82) is 0 Å². The predicted octanol–water partition coefficient (Wildman–Crippen LogP) is 3.54. The van der Waals surface area contributed by atoms with Crippen LogP contribution >= 0.6 is 0 Å². The van der Waals surface area contributed by atoms with E-state index in [2.05, 4.69) is 6.07 Å². The van der Waals surface area contributed by atoms with E-state index in [1.54, 1.807) is 14.2 Å². The van der Waals surface area contributed by atoms with Crippen LogP contribution in [0.15, 0.2) is 54.6 Å². The van der Waals surface area contributed by atoms with Crippen molar-refractivity contribution < 1.29 is 14.3 Å². The Morgan fingerprint density at radius 1 is 1.03 bits per heavy atom. The fraction of sp³-hybridized carbons (Fsp3) is 0.304. The maximum atomic E-state index is 13.0. The topological polar surface area (TPSA) is 56.6 Å². The summed E-state index contributed by atoms with van der Waals surface area (Å²) in [5.74, 6) is 1.66. The van der Waals surface area contributed by atoms with Gasteiger partial charge in [0.2, 0.25) is 5.91 Å². The number of ether oxygens (including phenoxy) is 2. The molecule has 0 aliphatic carbocycles. The van der Waals surface area contributed by atoms with E-state index in [0.29, 0.717) is 13.0 Å². The highest BCUT2D eigenvalue weighted by atomic mass is 16.5. The van der Waals surface area contributed by atoms with Crippen LogP contribution < -0.4 is 9.47 Å². The Bertz CT molecular complexity index is 1010. The predicted molar refractivity (Wildman–Crippen MR) is 111 cm³/mol. The molecule has 6 heteroatoms. The molecule has 0 radical (unpaired) electrons. The number of para-hydroxylation sites is 1. The fourth-order valence-corrected chi connectivity index (χ4v) is 3.72. The second-order valence-electron chi connectivity index (χ2n) is 7.13. The Morgan fingerprint density at radius 2 is 1.90 bits per heavy atom. The first-order valence-corrected chi connectivity index (χ1v) is 9.79. The van der Waals surface area contributed by atoms with Crippen LogP contribution in [-0.4, -0.2) is 41.4 Å². The molecule has 6 nitrogen and oxygen atoms in total. The van der Waals surface area contributed by atoms with Gasteiger partial charge >= 0.3 is 0 Å². The second-order valence-corrected chi connectivity index (χ2v) is 7.13. The van der Waals surface area contributed by atoms with Crippen LogP contribution in [0.25, 0.3) is 11.3 Å². The van der Waals surface area contributed by atoms with Crippen molar-refractivity contribution in [1.82, 2.24) is 14.7 Å². The molecule has 0 bridgehead atoms. The van der Waals surface area contributed by atoms with E-state index in [1.807, 2.05) is 58.1 Å². The normalized spacial score (nSPS) is 13.5. The van der Waals surface area contributed by atoms with Gasteiger partial charge in [0.05, 0.1) is 38.6 Å². The van der Waals surface area contributed by atoms with Gasteiger partial charge in [-0.2, -0.15) is 5.10 Å². The zero-order valence-corrected chi connectivity index (χ0v) is 16.8. The zero-order chi connectivity index (χ0) is 20.2. The molecular weight excluding hydrogens is 366 g/mol. The van der Waals surface area contributed by atoms with E-state index in [4.69, 9.17) is 14.6 Å². The largest absolute Gasteiger partial charge is 0.497 e. The Labute approximate surface area is 170 Å². The number of amides is 1. The molecule has 1 aliphatic rings. The molecule has 0 unspecified atom stereocenters. The number of nitrogens with zero attached hydrogens (tertiary/aromatic N) is 3. The van der Waals surface area contributed by atoms with Crippen LogP contribution in [0.5, 0.6) is 11.5 Å². The lowest BCUT2D eigenvalue weighted by atomic mass is 10.1. The average Bonchev–Trinajstić information content (AvgIpc) is 3.05. The number of rotatable bonds is 5. The van der Waals surface area contributed by atoms with Crippen molar-refractivity contribution >= 4 is 5.91 Å². The van der Waals surface area contributed by atoms with Crippen molar-refractivity contribution in [2.75, 3.05) is 20.8 Å². The van der Waals surface area contributed by atoms with E-state index in [-0.39, 0.29) is 5.91 Å². The third kappa shape index (κ3) is 4.11. The van der Waals surface area contributed by atoms with E-state index in [0.717, 1.165) is 53.5 Å². The van der Waals surface area contributed by atoms with E-state index < -0.39 is 0 Å². The van der Waals surface area contributed by atoms with Crippen molar-refractivity contribution in [3.63, 3.8) is 0 Å². The molecule has 150 valence electrons.